The molecular formula is C30H61N3O12S3. The average molecular weight is 752 g/mol. The van der Waals surface area contributed by atoms with E-state index in [1.54, 1.807) is 40.2 Å². The molecule has 15 nitrogen and oxygen atoms in total. The van der Waals surface area contributed by atoms with Crippen LogP contribution in [0.25, 0.3) is 0 Å². The van der Waals surface area contributed by atoms with E-state index in [0.29, 0.717) is 91.0 Å². The summed E-state index contributed by atoms with van der Waals surface area (Å²) >= 11 is 9.86. The van der Waals surface area contributed by atoms with Gasteiger partial charge >= 0.3 is 23.9 Å². The second kappa shape index (κ2) is 43.7. The molecule has 48 heavy (non-hydrogen) atoms. The van der Waals surface area contributed by atoms with Crippen molar-refractivity contribution in [1.82, 2.24) is 10.2 Å². The first-order valence-corrected chi connectivity index (χ1v) is 18.2. The van der Waals surface area contributed by atoms with Gasteiger partial charge in [-0.3, -0.25) is 19.2 Å². The van der Waals surface area contributed by atoms with Crippen LogP contribution in [-0.2, 0) is 57.1 Å². The van der Waals surface area contributed by atoms with Crippen molar-refractivity contribution in [3.8, 4) is 0 Å². The summed E-state index contributed by atoms with van der Waals surface area (Å²) in [7, 11) is 6.25. The van der Waals surface area contributed by atoms with Crippen LogP contribution < -0.4 is 11.1 Å². The third kappa shape index (κ3) is 44.6. The van der Waals surface area contributed by atoms with Crippen LogP contribution in [0.2, 0.25) is 0 Å². The molecule has 0 aliphatic heterocycles. The monoisotopic (exact) mass is 751 g/mol. The van der Waals surface area contributed by atoms with E-state index in [-0.39, 0.29) is 49.9 Å². The molecule has 0 bridgehead atoms. The smallest absolute Gasteiger partial charge is 0.307 e. The van der Waals surface area contributed by atoms with Gasteiger partial charge in [-0.05, 0) is 0 Å². The van der Waals surface area contributed by atoms with E-state index in [1.165, 1.54) is 0 Å². The number of carbonyl (C=O) groups is 4. The zero-order valence-electron chi connectivity index (χ0n) is 29.3. The molecule has 0 aromatic rings. The maximum absolute atomic E-state index is 11.5. The predicted molar refractivity (Wildman–Crippen MR) is 193 cm³/mol. The molecule has 0 aliphatic rings. The minimum Gasteiger partial charge on any atom is -0.463 e. The number of rotatable bonds is 30. The molecule has 0 heterocycles. The highest BCUT2D eigenvalue weighted by molar-refractivity contribution is 7.99. The number of ether oxygens (including phenoxy) is 8. The SMILES string of the molecule is COCCOC(=O)CCN(CCS)CCC(=O)OCCOC.COCCOC(=O)CCNCCS.COCCOC(=O)CCSCCN. The molecule has 0 aromatic heterocycles. The van der Waals surface area contributed by atoms with Gasteiger partial charge in [0, 0.05) is 90.7 Å². The Morgan fingerprint density at radius 1 is 0.562 bits per heavy atom. The first-order valence-electron chi connectivity index (χ1n) is 15.8. The van der Waals surface area contributed by atoms with Gasteiger partial charge in [0.2, 0.25) is 0 Å². The van der Waals surface area contributed by atoms with Crippen molar-refractivity contribution in [3.05, 3.63) is 0 Å². The summed E-state index contributed by atoms with van der Waals surface area (Å²) in [5, 5.41) is 3.05. The molecule has 286 valence electrons. The number of methoxy groups -OCH3 is 4. The third-order valence-electron chi connectivity index (χ3n) is 5.39. The molecule has 0 unspecified atom stereocenters. The van der Waals surface area contributed by atoms with Crippen molar-refractivity contribution >= 4 is 60.9 Å². The fourth-order valence-electron chi connectivity index (χ4n) is 2.96. The number of nitrogens with zero attached hydrogens (tertiary/aromatic N) is 1. The maximum atomic E-state index is 11.5. The van der Waals surface area contributed by atoms with Crippen molar-refractivity contribution in [1.29, 1.82) is 0 Å². The molecule has 0 amide bonds. The predicted octanol–water partition coefficient (Wildman–Crippen LogP) is 0.721. The highest BCUT2D eigenvalue weighted by Crippen LogP contribution is 2.02. The Hall–Kier alpha value is -1.35. The highest BCUT2D eigenvalue weighted by Gasteiger charge is 2.12. The van der Waals surface area contributed by atoms with Crippen LogP contribution in [0.1, 0.15) is 25.7 Å². The van der Waals surface area contributed by atoms with Gasteiger partial charge in [0.25, 0.3) is 0 Å². The van der Waals surface area contributed by atoms with Crippen LogP contribution in [0.4, 0.5) is 0 Å². The Labute approximate surface area is 302 Å². The van der Waals surface area contributed by atoms with Crippen molar-refractivity contribution in [2.24, 2.45) is 5.73 Å². The summed E-state index contributed by atoms with van der Waals surface area (Å²) in [5.41, 5.74) is 5.29. The molecule has 0 aliphatic carbocycles. The van der Waals surface area contributed by atoms with Crippen LogP contribution in [0, 0.1) is 0 Å². The zero-order valence-corrected chi connectivity index (χ0v) is 31.9. The van der Waals surface area contributed by atoms with E-state index in [9.17, 15) is 19.2 Å². The molecule has 3 N–H and O–H groups in total. The van der Waals surface area contributed by atoms with Gasteiger partial charge in [0.05, 0.1) is 52.1 Å². The van der Waals surface area contributed by atoms with E-state index in [4.69, 9.17) is 43.6 Å². The minimum absolute atomic E-state index is 0.165. The van der Waals surface area contributed by atoms with Crippen LogP contribution >= 0.6 is 37.0 Å². The second-order valence-corrected chi connectivity index (χ2v) is 11.4. The molecular weight excluding hydrogens is 691 g/mol. The Bertz CT molecular complexity index is 690. The van der Waals surface area contributed by atoms with Gasteiger partial charge in [-0.1, -0.05) is 0 Å². The number of esters is 4. The summed E-state index contributed by atoms with van der Waals surface area (Å²) < 4.78 is 38.7. The first kappa shape index (κ1) is 51.0. The minimum atomic E-state index is -0.274. The lowest BCUT2D eigenvalue weighted by Gasteiger charge is -2.20. The highest BCUT2D eigenvalue weighted by atomic mass is 32.2. The molecule has 18 heteroatoms. The fourth-order valence-corrected chi connectivity index (χ4v) is 4.08. The van der Waals surface area contributed by atoms with Crippen LogP contribution in [0.3, 0.4) is 0 Å². The number of hydrogen-bond donors (Lipinski definition) is 4. The van der Waals surface area contributed by atoms with Gasteiger partial charge in [-0.15, -0.1) is 0 Å². The van der Waals surface area contributed by atoms with E-state index in [1.807, 2.05) is 4.90 Å². The van der Waals surface area contributed by atoms with Crippen LogP contribution in [-0.4, -0.2) is 172 Å². The molecule has 0 aromatic carbocycles. The second-order valence-electron chi connectivity index (χ2n) is 9.29. The summed E-state index contributed by atoms with van der Waals surface area (Å²) in [6, 6.07) is 0. The largest absolute Gasteiger partial charge is 0.463 e. The topological polar surface area (TPSA) is 183 Å². The Kier molecular flexibility index (Phi) is 46.4. The quantitative estimate of drug-likeness (QED) is 0.0348. The number of thiol groups is 2. The summed E-state index contributed by atoms with van der Waals surface area (Å²) in [4.78, 5) is 46.9. The molecule has 0 saturated heterocycles. The van der Waals surface area contributed by atoms with E-state index in [2.05, 4.69) is 30.6 Å². The van der Waals surface area contributed by atoms with Crippen molar-refractivity contribution in [2.45, 2.75) is 25.7 Å². The van der Waals surface area contributed by atoms with Crippen molar-refractivity contribution in [2.75, 3.05) is 144 Å². The Morgan fingerprint density at radius 2 is 0.979 bits per heavy atom. The van der Waals surface area contributed by atoms with Crippen molar-refractivity contribution < 1.29 is 57.1 Å². The molecule has 0 atom stereocenters. The maximum Gasteiger partial charge on any atom is 0.307 e. The van der Waals surface area contributed by atoms with E-state index in [0.717, 1.165) is 23.8 Å². The van der Waals surface area contributed by atoms with Crippen LogP contribution in [0.5, 0.6) is 0 Å². The fraction of sp³-hybridized carbons (Fsp3) is 0.867. The van der Waals surface area contributed by atoms with Gasteiger partial charge in [0.15, 0.2) is 0 Å². The Balaban J connectivity index is -0.000000672. The molecule has 0 saturated carbocycles. The van der Waals surface area contributed by atoms with Gasteiger partial charge in [0.1, 0.15) is 26.4 Å². The van der Waals surface area contributed by atoms with E-state index < -0.39 is 0 Å². The van der Waals surface area contributed by atoms with E-state index >= 15 is 0 Å². The lowest BCUT2D eigenvalue weighted by Crippen LogP contribution is -2.31. The average Bonchev–Trinajstić information content (AvgIpc) is 3.07. The number of carbonyl (C=O) groups excluding carboxylic acids is 4. The summed E-state index contributed by atoms with van der Waals surface area (Å²) in [6.07, 6.45) is 1.40. The Morgan fingerprint density at radius 3 is 1.35 bits per heavy atom. The molecule has 0 rings (SSSR count). The molecule has 0 spiro atoms. The summed E-state index contributed by atoms with van der Waals surface area (Å²) in [6.45, 7) is 6.75. The zero-order chi connectivity index (χ0) is 36.5. The number of nitrogens with two attached hydrogens (primary N) is 1. The number of nitrogens with one attached hydrogen (secondary N) is 1. The normalized spacial score (nSPS) is 10.3. The number of hydrogen-bond acceptors (Lipinski definition) is 18. The van der Waals surface area contributed by atoms with Gasteiger partial charge in [-0.25, -0.2) is 0 Å². The standard InChI is InChI=1S/C14H27NO6S.2C8H17NO3S/c1-18-8-10-20-13(16)3-5-15(7-12-22)6-4-14(17)21-11-9-19-2;1-11-4-5-12-8(10)2-6-13-7-3-9;1-11-5-6-12-8(10)2-3-9-4-7-13/h22H,3-12H2,1-2H3;2-7,9H2,1H3;9,13H,2-7H2,1H3. The lowest BCUT2D eigenvalue weighted by atomic mass is 10.3. The van der Waals surface area contributed by atoms with Gasteiger partial charge in [-0.2, -0.15) is 37.0 Å². The molecule has 0 radical (unpaired) electrons. The number of thioether (sulfide) groups is 1. The molecule has 0 fully saturated rings. The van der Waals surface area contributed by atoms with Crippen molar-refractivity contribution in [3.63, 3.8) is 0 Å². The third-order valence-corrected chi connectivity index (χ3v) is 6.83. The summed E-state index contributed by atoms with van der Waals surface area (Å²) in [5.74, 6) is 2.20. The van der Waals surface area contributed by atoms with Gasteiger partial charge < -0.3 is 53.8 Å². The first-order chi connectivity index (χ1) is 23.2. The lowest BCUT2D eigenvalue weighted by molar-refractivity contribution is -0.146. The van der Waals surface area contributed by atoms with Crippen LogP contribution in [0.15, 0.2) is 0 Å².